The molecule has 0 aliphatic rings. The standard InChI is InChI=1S/C23H21ClN4O5/c1-11(2)32-18-8-7-13(9-17(18)24)22-27-20(28-33-22)15-6-4-5-14-16(10-25-19(14)15)21(29)26-12(3)23(30)31/h4-12,25H,1-3H3,(H,26,29)(H,30,31). The number of aromatic nitrogens is 3. The van der Waals surface area contributed by atoms with Gasteiger partial charge < -0.3 is 24.7 Å². The number of carbonyl (C=O) groups excluding carboxylic acids is 1. The Labute approximate surface area is 193 Å². The van der Waals surface area contributed by atoms with Crippen molar-refractivity contribution < 1.29 is 24.0 Å². The summed E-state index contributed by atoms with van der Waals surface area (Å²) in [4.78, 5) is 31.1. The summed E-state index contributed by atoms with van der Waals surface area (Å²) in [5, 5.41) is 16.6. The van der Waals surface area contributed by atoms with E-state index in [-0.39, 0.29) is 12.0 Å². The fraction of sp³-hybridized carbons (Fsp3) is 0.217. The predicted molar refractivity (Wildman–Crippen MR) is 122 cm³/mol. The normalized spacial score (nSPS) is 12.2. The van der Waals surface area contributed by atoms with Gasteiger partial charge in [-0.05, 0) is 45.0 Å². The van der Waals surface area contributed by atoms with Crippen LogP contribution in [0.15, 0.2) is 47.1 Å². The third-order valence-electron chi connectivity index (χ3n) is 4.89. The molecule has 10 heteroatoms. The summed E-state index contributed by atoms with van der Waals surface area (Å²) in [6, 6.07) is 9.50. The molecule has 0 spiro atoms. The van der Waals surface area contributed by atoms with Gasteiger partial charge in [-0.25, -0.2) is 0 Å². The molecule has 33 heavy (non-hydrogen) atoms. The smallest absolute Gasteiger partial charge is 0.325 e. The molecule has 0 saturated heterocycles. The number of carboxylic acids is 1. The van der Waals surface area contributed by atoms with Crippen molar-refractivity contribution in [3.63, 3.8) is 0 Å². The maximum absolute atomic E-state index is 12.5. The van der Waals surface area contributed by atoms with Crippen LogP contribution in [-0.4, -0.2) is 44.3 Å². The van der Waals surface area contributed by atoms with E-state index in [2.05, 4.69) is 20.4 Å². The number of rotatable bonds is 7. The number of ether oxygens (including phenoxy) is 1. The van der Waals surface area contributed by atoms with Gasteiger partial charge in [0.05, 0.1) is 22.2 Å². The van der Waals surface area contributed by atoms with Gasteiger partial charge in [-0.1, -0.05) is 28.9 Å². The Kier molecular flexibility index (Phi) is 6.06. The fourth-order valence-electron chi connectivity index (χ4n) is 3.30. The van der Waals surface area contributed by atoms with E-state index >= 15 is 0 Å². The molecule has 9 nitrogen and oxygen atoms in total. The van der Waals surface area contributed by atoms with Gasteiger partial charge in [0.1, 0.15) is 11.8 Å². The van der Waals surface area contributed by atoms with Crippen LogP contribution in [0.3, 0.4) is 0 Å². The van der Waals surface area contributed by atoms with E-state index in [4.69, 9.17) is 26.0 Å². The lowest BCUT2D eigenvalue weighted by molar-refractivity contribution is -0.138. The Morgan fingerprint density at radius 3 is 2.70 bits per heavy atom. The topological polar surface area (TPSA) is 130 Å². The van der Waals surface area contributed by atoms with E-state index < -0.39 is 17.9 Å². The van der Waals surface area contributed by atoms with Gasteiger partial charge in [0.25, 0.3) is 11.8 Å². The first-order valence-corrected chi connectivity index (χ1v) is 10.6. The minimum atomic E-state index is -1.12. The molecule has 0 aliphatic carbocycles. The number of para-hydroxylation sites is 1. The van der Waals surface area contributed by atoms with Gasteiger partial charge in [-0.15, -0.1) is 0 Å². The number of hydrogen-bond acceptors (Lipinski definition) is 6. The van der Waals surface area contributed by atoms with Crippen LogP contribution >= 0.6 is 11.6 Å². The lowest BCUT2D eigenvalue weighted by Crippen LogP contribution is -2.38. The molecule has 4 rings (SSSR count). The van der Waals surface area contributed by atoms with Crippen molar-refractivity contribution in [3.8, 4) is 28.6 Å². The Morgan fingerprint density at radius 2 is 2.00 bits per heavy atom. The molecule has 1 amide bonds. The molecule has 2 heterocycles. The first kappa shape index (κ1) is 22.3. The first-order chi connectivity index (χ1) is 15.7. The molecule has 170 valence electrons. The molecule has 0 fully saturated rings. The zero-order valence-electron chi connectivity index (χ0n) is 18.0. The lowest BCUT2D eigenvalue weighted by atomic mass is 10.1. The molecular formula is C23H21ClN4O5. The van der Waals surface area contributed by atoms with Crippen LogP contribution in [0.4, 0.5) is 0 Å². The minimum Gasteiger partial charge on any atom is -0.489 e. The summed E-state index contributed by atoms with van der Waals surface area (Å²) in [7, 11) is 0. The van der Waals surface area contributed by atoms with Gasteiger partial charge in [-0.3, -0.25) is 9.59 Å². The third-order valence-corrected chi connectivity index (χ3v) is 5.18. The van der Waals surface area contributed by atoms with Gasteiger partial charge in [-0.2, -0.15) is 4.98 Å². The molecular weight excluding hydrogens is 448 g/mol. The molecule has 2 aromatic heterocycles. The largest absolute Gasteiger partial charge is 0.489 e. The third kappa shape index (κ3) is 4.54. The van der Waals surface area contributed by atoms with Crippen molar-refractivity contribution >= 4 is 34.4 Å². The molecule has 1 unspecified atom stereocenters. The Hall–Kier alpha value is -3.85. The highest BCUT2D eigenvalue weighted by Gasteiger charge is 2.21. The number of amides is 1. The van der Waals surface area contributed by atoms with Crippen LogP contribution < -0.4 is 10.1 Å². The number of fused-ring (bicyclic) bond motifs is 1. The zero-order chi connectivity index (χ0) is 23.7. The van der Waals surface area contributed by atoms with Gasteiger partial charge in [0, 0.05) is 22.7 Å². The number of aliphatic carboxylic acids is 1. The first-order valence-electron chi connectivity index (χ1n) is 10.2. The second-order valence-electron chi connectivity index (χ2n) is 7.70. The van der Waals surface area contributed by atoms with Crippen LogP contribution in [-0.2, 0) is 4.79 Å². The summed E-state index contributed by atoms with van der Waals surface area (Å²) in [6.07, 6.45) is 1.51. The van der Waals surface area contributed by atoms with Crippen LogP contribution in [0.5, 0.6) is 5.75 Å². The summed E-state index contributed by atoms with van der Waals surface area (Å²) in [5.41, 5.74) is 2.20. The number of halogens is 1. The average molecular weight is 469 g/mol. The maximum Gasteiger partial charge on any atom is 0.325 e. The summed E-state index contributed by atoms with van der Waals surface area (Å²) >= 11 is 6.32. The Bertz CT molecular complexity index is 1340. The van der Waals surface area contributed by atoms with E-state index in [0.29, 0.717) is 44.2 Å². The Morgan fingerprint density at radius 1 is 1.21 bits per heavy atom. The summed E-state index contributed by atoms with van der Waals surface area (Å²) in [6.45, 7) is 5.23. The number of nitrogens with zero attached hydrogens (tertiary/aromatic N) is 2. The van der Waals surface area contributed by atoms with Crippen molar-refractivity contribution in [3.05, 3.63) is 53.2 Å². The maximum atomic E-state index is 12.5. The number of carboxylic acid groups (broad SMARTS) is 1. The second kappa shape index (κ2) is 8.95. The molecule has 1 atom stereocenters. The molecule has 0 radical (unpaired) electrons. The summed E-state index contributed by atoms with van der Waals surface area (Å²) < 4.78 is 11.1. The van der Waals surface area contributed by atoms with Gasteiger partial charge >= 0.3 is 5.97 Å². The highest BCUT2D eigenvalue weighted by atomic mass is 35.5. The highest BCUT2D eigenvalue weighted by molar-refractivity contribution is 6.32. The number of hydrogen-bond donors (Lipinski definition) is 3. The quantitative estimate of drug-likeness (QED) is 0.363. The van der Waals surface area contributed by atoms with Gasteiger partial charge in [0.2, 0.25) is 5.82 Å². The molecule has 2 aromatic carbocycles. The van der Waals surface area contributed by atoms with E-state index in [1.807, 2.05) is 13.8 Å². The number of benzene rings is 2. The van der Waals surface area contributed by atoms with E-state index in [1.165, 1.54) is 13.1 Å². The molecule has 4 aromatic rings. The number of nitrogens with one attached hydrogen (secondary N) is 2. The average Bonchev–Trinajstić information content (AvgIpc) is 3.42. The van der Waals surface area contributed by atoms with Crippen LogP contribution in [0, 0.1) is 0 Å². The minimum absolute atomic E-state index is 0.0102. The van der Waals surface area contributed by atoms with E-state index in [1.54, 1.807) is 36.4 Å². The van der Waals surface area contributed by atoms with Crippen LogP contribution in [0.1, 0.15) is 31.1 Å². The van der Waals surface area contributed by atoms with Gasteiger partial charge in [0.15, 0.2) is 0 Å². The zero-order valence-corrected chi connectivity index (χ0v) is 18.8. The monoisotopic (exact) mass is 468 g/mol. The lowest BCUT2D eigenvalue weighted by Gasteiger charge is -2.11. The number of H-pyrrole nitrogens is 1. The van der Waals surface area contributed by atoms with Crippen molar-refractivity contribution in [1.82, 2.24) is 20.4 Å². The Balaban J connectivity index is 1.65. The predicted octanol–water partition coefficient (Wildman–Crippen LogP) is 4.53. The molecule has 3 N–H and O–H groups in total. The van der Waals surface area contributed by atoms with Crippen molar-refractivity contribution in [2.45, 2.75) is 32.9 Å². The molecule has 0 aliphatic heterocycles. The van der Waals surface area contributed by atoms with Crippen LogP contribution in [0.25, 0.3) is 33.7 Å². The van der Waals surface area contributed by atoms with Crippen molar-refractivity contribution in [2.75, 3.05) is 0 Å². The number of carbonyl (C=O) groups is 2. The second-order valence-corrected chi connectivity index (χ2v) is 8.11. The van der Waals surface area contributed by atoms with Crippen LogP contribution in [0.2, 0.25) is 5.02 Å². The van der Waals surface area contributed by atoms with Crippen molar-refractivity contribution in [2.24, 2.45) is 0 Å². The van der Waals surface area contributed by atoms with E-state index in [0.717, 1.165) is 0 Å². The molecule has 0 bridgehead atoms. The molecule has 0 saturated carbocycles. The van der Waals surface area contributed by atoms with E-state index in [9.17, 15) is 9.59 Å². The number of aromatic amines is 1. The van der Waals surface area contributed by atoms with Crippen molar-refractivity contribution in [1.29, 1.82) is 0 Å². The fourth-order valence-corrected chi connectivity index (χ4v) is 3.52. The summed E-state index contributed by atoms with van der Waals surface area (Å²) in [5.74, 6) is -0.455. The highest BCUT2D eigenvalue weighted by Crippen LogP contribution is 2.33. The SMILES string of the molecule is CC(C)Oc1ccc(-c2nc(-c3cccc4c(C(=O)NC(C)C(=O)O)c[nH]c34)no2)cc1Cl.